The maximum atomic E-state index is 13.7. The molecule has 2 heterocycles. The lowest BCUT2D eigenvalue weighted by atomic mass is 9.83. The zero-order valence-corrected chi connectivity index (χ0v) is 39.9. The maximum Gasteiger partial charge on any atom is 0.319 e. The molecule has 0 saturated heterocycles. The number of benzene rings is 4. The van der Waals surface area contributed by atoms with Gasteiger partial charge >= 0.3 is 5.97 Å². The molecule has 8 rings (SSSR count). The predicted octanol–water partition coefficient (Wildman–Crippen LogP) is 8.33. The van der Waals surface area contributed by atoms with Crippen molar-refractivity contribution in [2.75, 3.05) is 37.0 Å². The highest BCUT2D eigenvalue weighted by molar-refractivity contribution is 6.10. The third-order valence-electron chi connectivity index (χ3n) is 13.8. The molecule has 2 saturated carbocycles. The van der Waals surface area contributed by atoms with E-state index in [1.54, 1.807) is 23.9 Å². The van der Waals surface area contributed by atoms with Crippen molar-refractivity contribution in [3.8, 4) is 22.3 Å². The van der Waals surface area contributed by atoms with Gasteiger partial charge in [-0.2, -0.15) is 0 Å². The maximum absolute atomic E-state index is 13.7. The van der Waals surface area contributed by atoms with Crippen LogP contribution in [-0.4, -0.2) is 67.8 Å². The number of aliphatic carboxylic acids is 1. The lowest BCUT2D eigenvalue weighted by Gasteiger charge is -2.30. The second kappa shape index (κ2) is 22.0. The topological polar surface area (TPSA) is 191 Å². The minimum atomic E-state index is -1.14. The van der Waals surface area contributed by atoms with Gasteiger partial charge in [0.1, 0.15) is 22.9 Å². The fourth-order valence-corrected chi connectivity index (χ4v) is 9.65. The van der Waals surface area contributed by atoms with E-state index in [0.29, 0.717) is 50.6 Å². The highest BCUT2D eigenvalue weighted by Crippen LogP contribution is 2.43. The molecule has 4 aromatic rings. The van der Waals surface area contributed by atoms with E-state index in [9.17, 15) is 33.9 Å². The zero-order valence-electron chi connectivity index (χ0n) is 39.9. The monoisotopic (exact) mass is 913 g/mol. The highest BCUT2D eigenvalue weighted by Gasteiger charge is 2.50. The van der Waals surface area contributed by atoms with Gasteiger partial charge in [-0.15, -0.1) is 0 Å². The number of hydrogen-bond donors (Lipinski definition) is 5. The summed E-state index contributed by atoms with van der Waals surface area (Å²) in [4.78, 5) is 79.0. The second-order valence-corrected chi connectivity index (χ2v) is 19.1. The van der Waals surface area contributed by atoms with Gasteiger partial charge in [0.15, 0.2) is 0 Å². The van der Waals surface area contributed by atoms with Crippen LogP contribution in [0, 0.1) is 22.7 Å². The van der Waals surface area contributed by atoms with E-state index in [4.69, 9.17) is 5.73 Å². The number of nitrogens with two attached hydrogens (primary N) is 1. The van der Waals surface area contributed by atoms with Crippen LogP contribution >= 0.6 is 0 Å². The predicted molar refractivity (Wildman–Crippen MR) is 263 cm³/mol. The van der Waals surface area contributed by atoms with E-state index in [1.807, 2.05) is 97.1 Å². The Hall–Kier alpha value is -6.34. The van der Waals surface area contributed by atoms with Crippen LogP contribution in [0.25, 0.3) is 22.3 Å². The molecule has 0 spiro atoms. The number of nitrogens with one attached hydrogen (secondary N) is 3. The number of carbonyl (C=O) groups is 6. The molecule has 13 heteroatoms. The molecule has 4 aliphatic rings. The van der Waals surface area contributed by atoms with E-state index in [2.05, 4.69) is 43.6 Å². The summed E-state index contributed by atoms with van der Waals surface area (Å²) >= 11 is 0. The van der Waals surface area contributed by atoms with Crippen LogP contribution in [0.15, 0.2) is 97.1 Å². The Balaban J connectivity index is 0.000000183. The van der Waals surface area contributed by atoms with E-state index in [-0.39, 0.29) is 29.5 Å². The van der Waals surface area contributed by atoms with Crippen molar-refractivity contribution >= 4 is 46.9 Å². The van der Waals surface area contributed by atoms with Gasteiger partial charge in [0.25, 0.3) is 5.91 Å². The summed E-state index contributed by atoms with van der Waals surface area (Å²) in [5.74, 6) is -1.13. The fourth-order valence-electron chi connectivity index (χ4n) is 9.65. The number of rotatable bonds is 11. The van der Waals surface area contributed by atoms with Crippen molar-refractivity contribution in [2.45, 2.75) is 104 Å². The molecular weight excluding hydrogens is 845 g/mol. The third-order valence-corrected chi connectivity index (χ3v) is 13.8. The number of fused-ring (bicyclic) bond motifs is 6. The summed E-state index contributed by atoms with van der Waals surface area (Å²) in [6.45, 7) is 9.49. The van der Waals surface area contributed by atoms with Crippen molar-refractivity contribution in [2.24, 2.45) is 28.4 Å². The van der Waals surface area contributed by atoms with E-state index in [0.717, 1.165) is 83.3 Å². The summed E-state index contributed by atoms with van der Waals surface area (Å²) in [5, 5.41) is 17.9. The van der Waals surface area contributed by atoms with Gasteiger partial charge in [-0.25, -0.2) is 0 Å². The number of para-hydroxylation sites is 2. The first-order valence-electron chi connectivity index (χ1n) is 23.8. The lowest BCUT2D eigenvalue weighted by Crippen LogP contribution is -2.52. The Morgan fingerprint density at radius 2 is 0.970 bits per heavy atom. The van der Waals surface area contributed by atoms with Crippen LogP contribution < -0.4 is 31.5 Å². The molecular formula is C54H68N6O7. The van der Waals surface area contributed by atoms with Crippen LogP contribution in [0.4, 0.5) is 11.4 Å². The Bertz CT molecular complexity index is 2380. The minimum Gasteiger partial charge on any atom is -0.480 e. The molecule has 2 atom stereocenters. The molecule has 0 unspecified atom stereocenters. The number of anilines is 2. The van der Waals surface area contributed by atoms with Gasteiger partial charge in [-0.1, -0.05) is 138 Å². The van der Waals surface area contributed by atoms with Gasteiger partial charge in [-0.05, 0) is 84.7 Å². The molecule has 0 radical (unpaired) electrons. The summed E-state index contributed by atoms with van der Waals surface area (Å²) in [6, 6.07) is 29.7. The van der Waals surface area contributed by atoms with Gasteiger partial charge in [-0.3, -0.25) is 28.8 Å². The Morgan fingerprint density at radius 3 is 1.45 bits per heavy atom. The molecule has 13 nitrogen and oxygen atoms in total. The van der Waals surface area contributed by atoms with E-state index >= 15 is 0 Å². The van der Waals surface area contributed by atoms with Gasteiger partial charge < -0.3 is 36.6 Å². The highest BCUT2D eigenvalue weighted by atomic mass is 16.4. The SMILES string of the molecule is CC(C)CCNC(=O)C1(C(=O)N[C@@H]2C(=O)N(C)c3ccccc3-c3ccccc32)CCCC1.CC(C)CCNC(=O)C1(C(=O)O)CCCC1.CN1C(=O)[C@@H](N)c2ccccc2-c2ccccc21. The van der Waals surface area contributed by atoms with E-state index in [1.165, 1.54) is 0 Å². The smallest absolute Gasteiger partial charge is 0.319 e. The quantitative estimate of drug-likeness (QED) is 0.0928. The summed E-state index contributed by atoms with van der Waals surface area (Å²) in [7, 11) is 3.50. The average molecular weight is 913 g/mol. The fraction of sp³-hybridized carbons (Fsp3) is 0.444. The number of carboxylic acid groups (broad SMARTS) is 1. The standard InChI is InChI=1S/C27H33N3O3.C15H14N2O.C12H21NO3/c1-18(2)14-17-28-25(32)27(15-8-9-16-27)26(33)29-23-21-12-5-4-10-19(21)20-11-6-7-13-22(20)30(3)24(23)31;1-17-13-9-5-4-7-11(13)10-6-2-3-8-12(10)14(16)15(17)18;1-9(2)5-8-13-10(14)12(11(15)16)6-3-4-7-12/h4-7,10-13,18,23H,8-9,14-17H2,1-3H3,(H,28,32)(H,29,33);2-9,14H,16H2,1H3;9H,3-8H2,1-2H3,(H,13,14)(H,15,16)/t23-;14-;/m00./s1. The Morgan fingerprint density at radius 1 is 0.582 bits per heavy atom. The number of carboxylic acids is 1. The van der Waals surface area contributed by atoms with Crippen molar-refractivity contribution in [1.29, 1.82) is 0 Å². The van der Waals surface area contributed by atoms with Gasteiger partial charge in [0.2, 0.25) is 23.6 Å². The van der Waals surface area contributed by atoms with Crippen LogP contribution in [0.2, 0.25) is 0 Å². The number of hydrogen-bond acceptors (Lipinski definition) is 7. The van der Waals surface area contributed by atoms with Crippen molar-refractivity contribution in [3.05, 3.63) is 108 Å². The number of carbonyl (C=O) groups excluding carboxylic acids is 5. The molecule has 2 aliphatic carbocycles. The first kappa shape index (κ1) is 50.1. The van der Waals surface area contributed by atoms with Crippen molar-refractivity contribution in [1.82, 2.24) is 16.0 Å². The molecule has 6 N–H and O–H groups in total. The first-order valence-corrected chi connectivity index (χ1v) is 23.8. The largest absolute Gasteiger partial charge is 0.480 e. The molecule has 0 aromatic heterocycles. The molecule has 5 amide bonds. The van der Waals surface area contributed by atoms with Crippen molar-refractivity contribution in [3.63, 3.8) is 0 Å². The second-order valence-electron chi connectivity index (χ2n) is 19.1. The molecule has 0 bridgehead atoms. The first-order chi connectivity index (χ1) is 32.0. The number of nitrogens with zero attached hydrogens (tertiary/aromatic N) is 2. The Kier molecular flexibility index (Phi) is 16.4. The third kappa shape index (κ3) is 10.8. The average Bonchev–Trinajstić information content (AvgIpc) is 4.03. The number of likely N-dealkylation sites (N-methyl/N-ethyl adjacent to an activating group) is 2. The van der Waals surface area contributed by atoms with Crippen LogP contribution in [0.1, 0.15) is 115 Å². The molecule has 356 valence electrons. The van der Waals surface area contributed by atoms with E-state index < -0.39 is 28.9 Å². The summed E-state index contributed by atoms with van der Waals surface area (Å²) in [5.41, 5.74) is 11.1. The normalized spacial score (nSPS) is 18.6. The van der Waals surface area contributed by atoms with Crippen molar-refractivity contribution < 1.29 is 33.9 Å². The zero-order chi connectivity index (χ0) is 48.5. The Labute approximate surface area is 395 Å². The van der Waals surface area contributed by atoms with Gasteiger partial charge in [0.05, 0.1) is 11.4 Å². The van der Waals surface area contributed by atoms with Crippen LogP contribution in [0.3, 0.4) is 0 Å². The molecule has 67 heavy (non-hydrogen) atoms. The molecule has 2 fully saturated rings. The lowest BCUT2D eigenvalue weighted by molar-refractivity contribution is -0.155. The van der Waals surface area contributed by atoms with Crippen LogP contribution in [0.5, 0.6) is 0 Å². The van der Waals surface area contributed by atoms with Crippen LogP contribution in [-0.2, 0) is 28.8 Å². The summed E-state index contributed by atoms with van der Waals surface area (Å²) < 4.78 is 0. The number of amides is 5. The minimum absolute atomic E-state index is 0.0765. The molecule has 2 aliphatic heterocycles. The van der Waals surface area contributed by atoms with Gasteiger partial charge in [0, 0.05) is 38.3 Å². The summed E-state index contributed by atoms with van der Waals surface area (Å²) in [6.07, 6.45) is 7.05. The molecule has 4 aromatic carbocycles.